The summed E-state index contributed by atoms with van der Waals surface area (Å²) in [5.74, 6) is 0.427. The van der Waals surface area contributed by atoms with E-state index in [1.807, 2.05) is 13.8 Å². The van der Waals surface area contributed by atoms with E-state index >= 15 is 0 Å². The number of hydrogen-bond donors (Lipinski definition) is 0. The lowest BCUT2D eigenvalue weighted by molar-refractivity contribution is -0.148. The van der Waals surface area contributed by atoms with Gasteiger partial charge in [-0.05, 0) is 0 Å². The van der Waals surface area contributed by atoms with Crippen LogP contribution in [0.5, 0.6) is 0 Å². The molecular weight excluding hydrogens is 204 g/mol. The molecule has 0 N–H and O–H groups in total. The standard InChI is InChI=1S/C12H20O2Si/c1-8-10-6-7-12(14-10,15(3,4)5)9(2)11(8)13/h6-10H,1-5H3/t8-,9-,10-,12+/m1/s1. The zero-order valence-corrected chi connectivity index (χ0v) is 11.2. The molecule has 4 atom stereocenters. The van der Waals surface area contributed by atoms with Crippen LogP contribution in [0.15, 0.2) is 12.2 Å². The summed E-state index contributed by atoms with van der Waals surface area (Å²) in [6.45, 7) is 10.8. The third kappa shape index (κ3) is 1.29. The average Bonchev–Trinajstić information content (AvgIpc) is 2.54. The molecule has 0 saturated carbocycles. The molecule has 0 aromatic rings. The largest absolute Gasteiger partial charge is 0.366 e. The number of hydrogen-bond acceptors (Lipinski definition) is 2. The molecule has 1 saturated heterocycles. The minimum Gasteiger partial charge on any atom is -0.366 e. The van der Waals surface area contributed by atoms with Crippen molar-refractivity contribution >= 4 is 13.9 Å². The highest BCUT2D eigenvalue weighted by molar-refractivity contribution is 6.80. The molecule has 1 fully saturated rings. The number of rotatable bonds is 1. The van der Waals surface area contributed by atoms with Gasteiger partial charge in [-0.25, -0.2) is 0 Å². The van der Waals surface area contributed by atoms with E-state index < -0.39 is 8.07 Å². The van der Waals surface area contributed by atoms with Crippen LogP contribution in [0.4, 0.5) is 0 Å². The first kappa shape index (κ1) is 11.1. The first-order valence-electron chi connectivity index (χ1n) is 5.70. The molecule has 2 heterocycles. The van der Waals surface area contributed by atoms with Gasteiger partial charge in [0.25, 0.3) is 0 Å². The van der Waals surface area contributed by atoms with Crippen LogP contribution >= 0.6 is 0 Å². The van der Waals surface area contributed by atoms with Crippen molar-refractivity contribution in [3.05, 3.63) is 12.2 Å². The van der Waals surface area contributed by atoms with Gasteiger partial charge in [-0.3, -0.25) is 4.79 Å². The summed E-state index contributed by atoms with van der Waals surface area (Å²) in [5.41, 5.74) is 0. The Hall–Kier alpha value is -0.413. The summed E-state index contributed by atoms with van der Waals surface area (Å²) in [4.78, 5) is 12.1. The lowest BCUT2D eigenvalue weighted by atomic mass is 9.87. The summed E-state index contributed by atoms with van der Waals surface area (Å²) < 4.78 is 6.17. The van der Waals surface area contributed by atoms with Crippen molar-refractivity contribution in [2.45, 2.75) is 44.8 Å². The highest BCUT2D eigenvalue weighted by Crippen LogP contribution is 2.46. The van der Waals surface area contributed by atoms with Gasteiger partial charge in [0.05, 0.1) is 19.4 Å². The summed E-state index contributed by atoms with van der Waals surface area (Å²) in [7, 11) is -1.53. The van der Waals surface area contributed by atoms with Crippen molar-refractivity contribution in [3.8, 4) is 0 Å². The van der Waals surface area contributed by atoms with E-state index in [0.717, 1.165) is 0 Å². The van der Waals surface area contributed by atoms with Gasteiger partial charge in [0.1, 0.15) is 5.78 Å². The lowest BCUT2D eigenvalue weighted by Crippen LogP contribution is -2.62. The van der Waals surface area contributed by atoms with Gasteiger partial charge in [0, 0.05) is 11.8 Å². The molecule has 0 spiro atoms. The van der Waals surface area contributed by atoms with Gasteiger partial charge in [-0.1, -0.05) is 45.6 Å². The molecule has 2 rings (SSSR count). The van der Waals surface area contributed by atoms with Gasteiger partial charge in [-0.15, -0.1) is 0 Å². The van der Waals surface area contributed by atoms with Crippen molar-refractivity contribution in [1.29, 1.82) is 0 Å². The average molecular weight is 224 g/mol. The Morgan fingerprint density at radius 2 is 1.93 bits per heavy atom. The second-order valence-electron chi connectivity index (χ2n) is 5.90. The zero-order chi connectivity index (χ0) is 11.4. The Morgan fingerprint density at radius 3 is 2.47 bits per heavy atom. The van der Waals surface area contributed by atoms with Gasteiger partial charge < -0.3 is 4.74 Å². The Morgan fingerprint density at radius 1 is 1.33 bits per heavy atom. The van der Waals surface area contributed by atoms with Crippen molar-refractivity contribution in [3.63, 3.8) is 0 Å². The molecular formula is C12H20O2Si. The molecule has 2 nitrogen and oxygen atoms in total. The summed E-state index contributed by atoms with van der Waals surface area (Å²) in [6.07, 6.45) is 4.31. The van der Waals surface area contributed by atoms with Crippen molar-refractivity contribution in [2.24, 2.45) is 11.8 Å². The normalized spacial score (nSPS) is 44.9. The van der Waals surface area contributed by atoms with Crippen LogP contribution in [-0.2, 0) is 9.53 Å². The molecule has 2 aliphatic rings. The molecule has 0 aliphatic carbocycles. The third-order valence-corrected chi connectivity index (χ3v) is 7.11. The molecule has 15 heavy (non-hydrogen) atoms. The first-order valence-corrected chi connectivity index (χ1v) is 9.20. The van der Waals surface area contributed by atoms with E-state index in [1.165, 1.54) is 0 Å². The maximum atomic E-state index is 12.1. The SMILES string of the molecule is C[C@@H]1C(=O)[C@H](C)[C@H]2C=C[C@@]1([Si](C)(C)C)O2. The molecule has 2 bridgehead atoms. The summed E-state index contributed by atoms with van der Waals surface area (Å²) >= 11 is 0. The second kappa shape index (κ2) is 3.05. The fourth-order valence-electron chi connectivity index (χ4n) is 2.90. The van der Waals surface area contributed by atoms with E-state index in [4.69, 9.17) is 4.74 Å². The number of fused-ring (bicyclic) bond motifs is 2. The quantitative estimate of drug-likeness (QED) is 0.505. The molecule has 0 aromatic carbocycles. The van der Waals surface area contributed by atoms with Crippen LogP contribution in [0.3, 0.4) is 0 Å². The maximum absolute atomic E-state index is 12.1. The van der Waals surface area contributed by atoms with E-state index in [9.17, 15) is 4.79 Å². The number of ketones is 1. The topological polar surface area (TPSA) is 26.3 Å². The zero-order valence-electron chi connectivity index (χ0n) is 10.2. The summed E-state index contributed by atoms with van der Waals surface area (Å²) in [6, 6.07) is 0. The van der Waals surface area contributed by atoms with Crippen LogP contribution in [-0.4, -0.2) is 25.2 Å². The first-order chi connectivity index (χ1) is 6.79. The molecule has 84 valence electrons. The van der Waals surface area contributed by atoms with Gasteiger partial charge in [0.15, 0.2) is 0 Å². The minimum absolute atomic E-state index is 0.0224. The smallest absolute Gasteiger partial charge is 0.144 e. The van der Waals surface area contributed by atoms with Crippen LogP contribution in [0.2, 0.25) is 19.6 Å². The number of carbonyl (C=O) groups is 1. The number of ether oxygens (including phenoxy) is 1. The predicted octanol–water partition coefficient (Wildman–Crippen LogP) is 2.41. The van der Waals surface area contributed by atoms with Gasteiger partial charge >= 0.3 is 0 Å². The number of Topliss-reactive ketones (excluding diaryl/α,β-unsaturated/α-hetero) is 1. The fourth-order valence-corrected chi connectivity index (χ4v) is 5.43. The second-order valence-corrected chi connectivity index (χ2v) is 11.2. The predicted molar refractivity (Wildman–Crippen MR) is 63.4 cm³/mol. The maximum Gasteiger partial charge on any atom is 0.144 e. The van der Waals surface area contributed by atoms with Crippen molar-refractivity contribution in [1.82, 2.24) is 0 Å². The van der Waals surface area contributed by atoms with E-state index in [1.54, 1.807) is 0 Å². The molecule has 0 unspecified atom stereocenters. The number of carbonyl (C=O) groups excluding carboxylic acids is 1. The van der Waals surface area contributed by atoms with Crippen LogP contribution in [0.25, 0.3) is 0 Å². The van der Waals surface area contributed by atoms with Gasteiger partial charge in [-0.2, -0.15) is 0 Å². The minimum atomic E-state index is -1.53. The molecule has 0 aromatic heterocycles. The molecule has 2 aliphatic heterocycles. The fraction of sp³-hybridized carbons (Fsp3) is 0.750. The monoisotopic (exact) mass is 224 g/mol. The van der Waals surface area contributed by atoms with Crippen molar-refractivity contribution in [2.75, 3.05) is 0 Å². The Kier molecular flexibility index (Phi) is 2.25. The van der Waals surface area contributed by atoms with Gasteiger partial charge in [0.2, 0.25) is 0 Å². The highest BCUT2D eigenvalue weighted by Gasteiger charge is 2.58. The molecule has 0 radical (unpaired) electrons. The van der Waals surface area contributed by atoms with E-state index in [2.05, 4.69) is 31.8 Å². The third-order valence-electron chi connectivity index (χ3n) is 4.05. The Balaban J connectivity index is 2.45. The Labute approximate surface area is 92.7 Å². The summed E-state index contributed by atoms with van der Waals surface area (Å²) in [5, 5.41) is -0.249. The molecule has 3 heteroatoms. The van der Waals surface area contributed by atoms with Crippen LogP contribution < -0.4 is 0 Å². The highest BCUT2D eigenvalue weighted by atomic mass is 28.3. The van der Waals surface area contributed by atoms with Crippen molar-refractivity contribution < 1.29 is 9.53 Å². The van der Waals surface area contributed by atoms with Crippen LogP contribution in [0, 0.1) is 11.8 Å². The van der Waals surface area contributed by atoms with E-state index in [0.29, 0.717) is 5.78 Å². The molecule has 0 amide bonds. The van der Waals surface area contributed by atoms with Crippen LogP contribution in [0.1, 0.15) is 13.8 Å². The Bertz CT molecular complexity index is 329. The lowest BCUT2D eigenvalue weighted by Gasteiger charge is -2.47. The van der Waals surface area contributed by atoms with E-state index in [-0.39, 0.29) is 23.2 Å².